The number of sulfonamides is 1. The van der Waals surface area contributed by atoms with Crippen molar-refractivity contribution >= 4 is 33.4 Å². The number of nitrogens with zero attached hydrogens (tertiary/aromatic N) is 3. The summed E-state index contributed by atoms with van der Waals surface area (Å²) in [5, 5.41) is 9.92. The lowest BCUT2D eigenvalue weighted by Crippen LogP contribution is -2.28. The highest BCUT2D eigenvalue weighted by Gasteiger charge is 2.24. The molecule has 0 amide bonds. The van der Waals surface area contributed by atoms with E-state index in [1.54, 1.807) is 30.8 Å². The molecule has 0 fully saturated rings. The van der Waals surface area contributed by atoms with Gasteiger partial charge in [0.25, 0.3) is 0 Å². The van der Waals surface area contributed by atoms with Gasteiger partial charge in [0, 0.05) is 16.5 Å². The number of aryl methyl sites for hydroxylation is 1. The summed E-state index contributed by atoms with van der Waals surface area (Å²) in [4.78, 5) is 0.138. The van der Waals surface area contributed by atoms with E-state index >= 15 is 0 Å². The molecule has 0 spiro atoms. The highest BCUT2D eigenvalue weighted by Crippen LogP contribution is 2.28. The molecule has 0 saturated heterocycles. The monoisotopic (exact) mass is 498 g/mol. The summed E-state index contributed by atoms with van der Waals surface area (Å²) < 4.78 is 30.5. The third-order valence-corrected chi connectivity index (χ3v) is 7.81. The summed E-state index contributed by atoms with van der Waals surface area (Å²) >= 11 is 7.45. The number of thioether (sulfide) groups is 1. The number of nitrogens with one attached hydrogen (secondary N) is 1. The Morgan fingerprint density at radius 2 is 1.64 bits per heavy atom. The van der Waals surface area contributed by atoms with Gasteiger partial charge in [-0.3, -0.25) is 4.57 Å². The van der Waals surface area contributed by atoms with Crippen LogP contribution in [0.5, 0.6) is 0 Å². The zero-order valence-corrected chi connectivity index (χ0v) is 20.5. The Bertz CT molecular complexity index is 1320. The summed E-state index contributed by atoms with van der Waals surface area (Å²) in [7, 11) is -3.77. The zero-order chi connectivity index (χ0) is 23.4. The number of hydrogen-bond acceptors (Lipinski definition) is 5. The van der Waals surface area contributed by atoms with Gasteiger partial charge in [-0.15, -0.1) is 10.2 Å². The average Bonchev–Trinajstić information content (AvgIpc) is 3.23. The van der Waals surface area contributed by atoms with Crippen molar-refractivity contribution in [3.05, 3.63) is 101 Å². The molecule has 4 aromatic rings. The molecule has 0 aliphatic rings. The van der Waals surface area contributed by atoms with Gasteiger partial charge in [-0.25, -0.2) is 13.1 Å². The van der Waals surface area contributed by atoms with Crippen LogP contribution in [0.4, 0.5) is 0 Å². The van der Waals surface area contributed by atoms with E-state index in [9.17, 15) is 8.42 Å². The average molecular weight is 499 g/mol. The van der Waals surface area contributed by atoms with Gasteiger partial charge in [0.1, 0.15) is 0 Å². The first-order valence-corrected chi connectivity index (χ1v) is 13.1. The maximum Gasteiger partial charge on any atom is 0.241 e. The Morgan fingerprint density at radius 1 is 0.970 bits per heavy atom. The summed E-state index contributed by atoms with van der Waals surface area (Å²) in [6.07, 6.45) is 0. The SMILES string of the molecule is Cc1ccc(-n2c(SCc3ccccc3)nnc2C(C)NS(=O)(=O)c2ccc(Cl)cc2)cc1. The fraction of sp³-hybridized carbons (Fsp3) is 0.167. The van der Waals surface area contributed by atoms with Gasteiger partial charge in [0.15, 0.2) is 11.0 Å². The number of halogens is 1. The van der Waals surface area contributed by atoms with Crippen LogP contribution in [0.15, 0.2) is 88.9 Å². The maximum atomic E-state index is 12.9. The van der Waals surface area contributed by atoms with Crippen LogP contribution >= 0.6 is 23.4 Å². The van der Waals surface area contributed by atoms with Crippen LogP contribution in [0.25, 0.3) is 5.69 Å². The summed E-state index contributed by atoms with van der Waals surface area (Å²) in [5.74, 6) is 1.22. The van der Waals surface area contributed by atoms with Crippen LogP contribution in [0.1, 0.15) is 29.9 Å². The summed E-state index contributed by atoms with van der Waals surface area (Å²) in [5.41, 5.74) is 3.16. The van der Waals surface area contributed by atoms with Gasteiger partial charge in [0.2, 0.25) is 10.0 Å². The summed E-state index contributed by atoms with van der Waals surface area (Å²) in [6.45, 7) is 3.78. The molecular weight excluding hydrogens is 476 g/mol. The van der Waals surface area contributed by atoms with Crippen molar-refractivity contribution in [3.63, 3.8) is 0 Å². The molecule has 3 aromatic carbocycles. The normalized spacial score (nSPS) is 12.6. The molecule has 1 aromatic heterocycles. The van der Waals surface area contributed by atoms with Crippen molar-refractivity contribution in [1.29, 1.82) is 0 Å². The third kappa shape index (κ3) is 5.65. The molecule has 6 nitrogen and oxygen atoms in total. The minimum Gasteiger partial charge on any atom is -0.273 e. The lowest BCUT2D eigenvalue weighted by Gasteiger charge is -2.17. The predicted octanol–water partition coefficient (Wildman–Crippen LogP) is 5.56. The molecule has 1 N–H and O–H groups in total. The highest BCUT2D eigenvalue weighted by molar-refractivity contribution is 7.98. The second kappa shape index (κ2) is 10.1. The molecule has 1 atom stereocenters. The second-order valence-electron chi connectivity index (χ2n) is 7.58. The molecule has 1 unspecified atom stereocenters. The third-order valence-electron chi connectivity index (χ3n) is 5.00. The van der Waals surface area contributed by atoms with E-state index in [4.69, 9.17) is 11.6 Å². The molecule has 9 heteroatoms. The molecule has 0 aliphatic carbocycles. The van der Waals surface area contributed by atoms with Crippen LogP contribution in [-0.2, 0) is 15.8 Å². The van der Waals surface area contributed by atoms with E-state index in [1.165, 1.54) is 17.7 Å². The fourth-order valence-corrected chi connectivity index (χ4v) is 5.52. The number of aromatic nitrogens is 3. The van der Waals surface area contributed by atoms with Crippen LogP contribution in [0.3, 0.4) is 0 Å². The van der Waals surface area contributed by atoms with Crippen molar-refractivity contribution in [1.82, 2.24) is 19.5 Å². The first-order chi connectivity index (χ1) is 15.8. The van der Waals surface area contributed by atoms with Crippen LogP contribution in [-0.4, -0.2) is 23.2 Å². The quantitative estimate of drug-likeness (QED) is 0.322. The van der Waals surface area contributed by atoms with E-state index in [1.807, 2.05) is 54.0 Å². The molecule has 33 heavy (non-hydrogen) atoms. The van der Waals surface area contributed by atoms with Crippen LogP contribution in [0, 0.1) is 6.92 Å². The Hall–Kier alpha value is -2.65. The fourth-order valence-electron chi connectivity index (χ4n) is 3.28. The highest BCUT2D eigenvalue weighted by atomic mass is 35.5. The largest absolute Gasteiger partial charge is 0.273 e. The Balaban J connectivity index is 1.65. The lowest BCUT2D eigenvalue weighted by molar-refractivity contribution is 0.556. The first kappa shape index (κ1) is 23.5. The minimum atomic E-state index is -3.77. The standard InChI is InChI=1S/C24H23ClN4O2S2/c1-17-8-12-21(13-9-17)29-23(26-27-24(29)32-16-19-6-4-3-5-7-19)18(2)28-33(30,31)22-14-10-20(25)11-15-22/h3-15,18,28H,16H2,1-2H3. The van der Waals surface area contributed by atoms with Crippen molar-refractivity contribution in [2.45, 2.75) is 35.7 Å². The van der Waals surface area contributed by atoms with Crippen molar-refractivity contribution < 1.29 is 8.42 Å². The molecule has 0 saturated carbocycles. The molecule has 4 rings (SSSR count). The van der Waals surface area contributed by atoms with Gasteiger partial charge < -0.3 is 0 Å². The number of rotatable bonds is 8. The van der Waals surface area contributed by atoms with E-state index < -0.39 is 16.1 Å². The Kier molecular flexibility index (Phi) is 7.19. The molecule has 0 radical (unpaired) electrons. The smallest absolute Gasteiger partial charge is 0.241 e. The summed E-state index contributed by atoms with van der Waals surface area (Å²) in [6, 6.07) is 23.5. The van der Waals surface area contributed by atoms with Crippen LogP contribution < -0.4 is 4.72 Å². The van der Waals surface area contributed by atoms with Gasteiger partial charge in [0.05, 0.1) is 10.9 Å². The molecule has 0 aliphatic heterocycles. The van der Waals surface area contributed by atoms with E-state index in [2.05, 4.69) is 27.1 Å². The Labute approximate surface area is 203 Å². The van der Waals surface area contributed by atoms with Gasteiger partial charge in [-0.2, -0.15) is 0 Å². The molecule has 170 valence electrons. The topological polar surface area (TPSA) is 76.9 Å². The van der Waals surface area contributed by atoms with E-state index in [0.29, 0.717) is 16.0 Å². The second-order valence-corrected chi connectivity index (χ2v) is 10.7. The van der Waals surface area contributed by atoms with E-state index in [-0.39, 0.29) is 4.90 Å². The number of hydrogen-bond donors (Lipinski definition) is 1. The lowest BCUT2D eigenvalue weighted by atomic mass is 10.2. The molecule has 0 bridgehead atoms. The Morgan fingerprint density at radius 3 is 2.30 bits per heavy atom. The molecular formula is C24H23ClN4O2S2. The predicted molar refractivity (Wildman–Crippen MR) is 132 cm³/mol. The van der Waals surface area contributed by atoms with Gasteiger partial charge in [-0.1, -0.05) is 71.4 Å². The number of benzene rings is 3. The van der Waals surface area contributed by atoms with Gasteiger partial charge >= 0.3 is 0 Å². The van der Waals surface area contributed by atoms with Crippen LogP contribution in [0.2, 0.25) is 5.02 Å². The van der Waals surface area contributed by atoms with Gasteiger partial charge in [-0.05, 0) is 55.8 Å². The zero-order valence-electron chi connectivity index (χ0n) is 18.1. The first-order valence-electron chi connectivity index (χ1n) is 10.3. The molecule has 1 heterocycles. The van der Waals surface area contributed by atoms with Crippen molar-refractivity contribution in [2.75, 3.05) is 0 Å². The maximum absolute atomic E-state index is 12.9. The van der Waals surface area contributed by atoms with Crippen molar-refractivity contribution in [3.8, 4) is 5.69 Å². The van der Waals surface area contributed by atoms with E-state index in [0.717, 1.165) is 17.0 Å². The minimum absolute atomic E-state index is 0.138. The van der Waals surface area contributed by atoms with Crippen molar-refractivity contribution in [2.24, 2.45) is 0 Å².